The zero-order valence-electron chi connectivity index (χ0n) is 26.6. The maximum absolute atomic E-state index is 14.2. The molecule has 2 aliphatic rings. The average Bonchev–Trinajstić information content (AvgIpc) is 3.46. The number of carbonyl (C=O) groups is 1. The third kappa shape index (κ3) is 8.54. The van der Waals surface area contributed by atoms with Crippen molar-refractivity contribution in [2.45, 2.75) is 56.3 Å². The molecular formula is C30H32F6N10O4. The Kier molecular flexibility index (Phi) is 11.0. The number of rotatable bonds is 12. The summed E-state index contributed by atoms with van der Waals surface area (Å²) in [6, 6.07) is 5.14. The van der Waals surface area contributed by atoms with Gasteiger partial charge in [-0.2, -0.15) is 31.4 Å². The first-order chi connectivity index (χ1) is 23.8. The third-order valence-electron chi connectivity index (χ3n) is 8.39. The van der Waals surface area contributed by atoms with Gasteiger partial charge in [0, 0.05) is 55.9 Å². The number of halogens is 6. The summed E-state index contributed by atoms with van der Waals surface area (Å²) in [6.45, 7) is 0.223. The van der Waals surface area contributed by atoms with E-state index in [9.17, 15) is 35.9 Å². The Morgan fingerprint density at radius 3 is 2.28 bits per heavy atom. The molecule has 0 spiro atoms. The van der Waals surface area contributed by atoms with Crippen molar-refractivity contribution in [3.63, 3.8) is 0 Å². The van der Waals surface area contributed by atoms with E-state index in [-0.39, 0.29) is 37.6 Å². The lowest BCUT2D eigenvalue weighted by Gasteiger charge is -2.36. The fraction of sp³-hybridized carbons (Fsp3) is 0.500. The number of anilines is 2. The Morgan fingerprint density at radius 2 is 1.68 bits per heavy atom. The van der Waals surface area contributed by atoms with Gasteiger partial charge in [-0.1, -0.05) is 17.2 Å². The highest BCUT2D eigenvalue weighted by molar-refractivity contribution is 5.83. The van der Waals surface area contributed by atoms with Gasteiger partial charge >= 0.3 is 12.4 Å². The molecule has 2 unspecified atom stereocenters. The number of nitrogens with one attached hydrogen (secondary N) is 1. The van der Waals surface area contributed by atoms with E-state index in [0.29, 0.717) is 54.9 Å². The van der Waals surface area contributed by atoms with Gasteiger partial charge in [-0.05, 0) is 36.1 Å². The molecular weight excluding hydrogens is 678 g/mol. The van der Waals surface area contributed by atoms with E-state index in [4.69, 9.17) is 15.0 Å². The molecule has 2 saturated heterocycles. The van der Waals surface area contributed by atoms with Gasteiger partial charge in [-0.15, -0.1) is 0 Å². The number of amides is 1. The van der Waals surface area contributed by atoms with E-state index >= 15 is 0 Å². The van der Waals surface area contributed by atoms with Crippen molar-refractivity contribution in [3.05, 3.63) is 80.3 Å². The Balaban J connectivity index is 1.21. The minimum atomic E-state index is -5.07. The average molecular weight is 711 g/mol. The van der Waals surface area contributed by atoms with Gasteiger partial charge in [0.25, 0.3) is 11.5 Å². The Bertz CT molecular complexity index is 1740. The van der Waals surface area contributed by atoms with Crippen LogP contribution in [0.5, 0.6) is 5.75 Å². The number of ether oxygens (including phenoxy) is 2. The molecule has 2 fully saturated rings. The molecule has 2 atom stereocenters. The van der Waals surface area contributed by atoms with E-state index in [1.54, 1.807) is 34.1 Å². The Morgan fingerprint density at radius 1 is 1.00 bits per heavy atom. The lowest BCUT2D eigenvalue weighted by molar-refractivity contribution is -0.139. The van der Waals surface area contributed by atoms with Crippen LogP contribution in [-0.4, -0.2) is 88.6 Å². The van der Waals surface area contributed by atoms with E-state index in [2.05, 4.69) is 30.4 Å². The first-order valence-corrected chi connectivity index (χ1v) is 15.4. The SMILES string of the molecule is COc1ccc(Cn2ncc(NC(CN=[N+]=[N-])COC3CCN(C4CCN(c5ncc(C(F)(F)F)cn5)CC4)C3=O)c(C(F)(F)F)c2=O)cc1. The van der Waals surface area contributed by atoms with Crippen LogP contribution in [0, 0.1) is 0 Å². The predicted octanol–water partition coefficient (Wildman–Crippen LogP) is 4.51. The van der Waals surface area contributed by atoms with Crippen LogP contribution in [0.15, 0.2) is 52.8 Å². The summed E-state index contributed by atoms with van der Waals surface area (Å²) >= 11 is 0. The maximum atomic E-state index is 14.2. The summed E-state index contributed by atoms with van der Waals surface area (Å²) in [4.78, 5) is 40.0. The molecule has 268 valence electrons. The number of aromatic nitrogens is 4. The number of benzene rings is 1. The maximum Gasteiger partial charge on any atom is 0.423 e. The van der Waals surface area contributed by atoms with Crippen LogP contribution in [-0.2, 0) is 28.4 Å². The summed E-state index contributed by atoms with van der Waals surface area (Å²) in [6.07, 6.45) is -6.92. The van der Waals surface area contributed by atoms with Crippen molar-refractivity contribution in [2.24, 2.45) is 5.11 Å². The van der Waals surface area contributed by atoms with Crippen LogP contribution < -0.4 is 20.5 Å². The van der Waals surface area contributed by atoms with Crippen LogP contribution in [0.2, 0.25) is 0 Å². The van der Waals surface area contributed by atoms with Crippen LogP contribution in [0.1, 0.15) is 36.0 Å². The Labute approximate surface area is 280 Å². The topological polar surface area (TPSA) is 163 Å². The lowest BCUT2D eigenvalue weighted by Crippen LogP contribution is -2.47. The molecule has 20 heteroatoms. The third-order valence-corrected chi connectivity index (χ3v) is 8.39. The molecule has 0 saturated carbocycles. The number of hydrogen-bond donors (Lipinski definition) is 1. The predicted molar refractivity (Wildman–Crippen MR) is 165 cm³/mol. The van der Waals surface area contributed by atoms with Crippen molar-refractivity contribution in [3.8, 4) is 5.75 Å². The number of hydrogen-bond acceptors (Lipinski definition) is 10. The molecule has 1 amide bonds. The van der Waals surface area contributed by atoms with Crippen molar-refractivity contribution in [2.75, 3.05) is 50.1 Å². The van der Waals surface area contributed by atoms with E-state index in [1.165, 1.54) is 7.11 Å². The van der Waals surface area contributed by atoms with Gasteiger partial charge in [0.1, 0.15) is 17.4 Å². The number of methoxy groups -OCH3 is 1. The number of azide groups is 1. The van der Waals surface area contributed by atoms with E-state index in [1.807, 2.05) is 0 Å². The second kappa shape index (κ2) is 15.2. The van der Waals surface area contributed by atoms with Crippen molar-refractivity contribution < 1.29 is 40.6 Å². The second-order valence-corrected chi connectivity index (χ2v) is 11.6. The Hall–Kier alpha value is -5.10. The lowest BCUT2D eigenvalue weighted by atomic mass is 10.0. The van der Waals surface area contributed by atoms with Crippen molar-refractivity contribution in [1.82, 2.24) is 24.6 Å². The minimum absolute atomic E-state index is 0.155. The molecule has 2 aromatic heterocycles. The summed E-state index contributed by atoms with van der Waals surface area (Å²) < 4.78 is 92.7. The molecule has 1 aromatic carbocycles. The smallest absolute Gasteiger partial charge is 0.423 e. The molecule has 2 aliphatic heterocycles. The second-order valence-electron chi connectivity index (χ2n) is 11.6. The number of carbonyl (C=O) groups excluding carboxylic acids is 1. The van der Waals surface area contributed by atoms with E-state index < -0.39 is 46.9 Å². The highest BCUT2D eigenvalue weighted by Gasteiger charge is 2.40. The molecule has 0 aliphatic carbocycles. The van der Waals surface area contributed by atoms with E-state index in [0.717, 1.165) is 18.6 Å². The first-order valence-electron chi connectivity index (χ1n) is 15.4. The minimum Gasteiger partial charge on any atom is -0.497 e. The molecule has 5 rings (SSSR count). The largest absolute Gasteiger partial charge is 0.497 e. The highest BCUT2D eigenvalue weighted by atomic mass is 19.4. The van der Waals surface area contributed by atoms with Crippen LogP contribution >= 0.6 is 0 Å². The summed E-state index contributed by atoms with van der Waals surface area (Å²) in [7, 11) is 1.46. The van der Waals surface area contributed by atoms with Crippen molar-refractivity contribution in [1.29, 1.82) is 0 Å². The molecule has 0 radical (unpaired) electrons. The standard InChI is InChI=1S/C30H32F6N10O4/c1-49-22-4-2-18(3-5-22)16-46-27(48)25(30(34,35)36)23(15-41-46)42-20(14-40-43-37)17-50-24-8-11-45(26(24)47)21-6-9-44(10-7-21)28-38-12-19(13-39-28)29(31,32)33/h2-5,12-13,15,20-21,24,42H,6-11,14,16-17H2,1H3. The fourth-order valence-electron chi connectivity index (χ4n) is 5.82. The molecule has 1 N–H and O–H groups in total. The molecule has 14 nitrogen and oxygen atoms in total. The van der Waals surface area contributed by atoms with Gasteiger partial charge < -0.3 is 24.6 Å². The van der Waals surface area contributed by atoms with Crippen LogP contribution in [0.3, 0.4) is 0 Å². The summed E-state index contributed by atoms with van der Waals surface area (Å²) in [5.41, 5.74) is 4.91. The normalized spacial score (nSPS) is 17.8. The number of likely N-dealkylation sites (tertiary alicyclic amines) is 1. The van der Waals surface area contributed by atoms with Crippen molar-refractivity contribution >= 4 is 17.5 Å². The molecule has 50 heavy (non-hydrogen) atoms. The number of nitrogens with zero attached hydrogens (tertiary/aromatic N) is 9. The van der Waals surface area contributed by atoms with Crippen LogP contribution in [0.4, 0.5) is 38.0 Å². The fourth-order valence-corrected chi connectivity index (χ4v) is 5.82. The summed E-state index contributed by atoms with van der Waals surface area (Å²) in [5, 5.41) is 9.95. The van der Waals surface area contributed by atoms with Gasteiger partial charge in [-0.3, -0.25) is 9.59 Å². The number of piperidine rings is 1. The molecule has 0 bridgehead atoms. The van der Waals surface area contributed by atoms with Gasteiger partial charge in [0.15, 0.2) is 0 Å². The van der Waals surface area contributed by atoms with Gasteiger partial charge in [-0.25, -0.2) is 14.6 Å². The van der Waals surface area contributed by atoms with Gasteiger partial charge in [0.05, 0.1) is 43.8 Å². The van der Waals surface area contributed by atoms with Crippen LogP contribution in [0.25, 0.3) is 10.4 Å². The molecule has 4 heterocycles. The highest BCUT2D eigenvalue weighted by Crippen LogP contribution is 2.33. The summed E-state index contributed by atoms with van der Waals surface area (Å²) in [5.74, 6) is 0.360. The van der Waals surface area contributed by atoms with Gasteiger partial charge in [0.2, 0.25) is 5.95 Å². The first kappa shape index (κ1) is 36.2. The zero-order valence-corrected chi connectivity index (χ0v) is 26.6. The number of alkyl halides is 6. The zero-order chi connectivity index (χ0) is 36.1. The molecule has 3 aromatic rings. The monoisotopic (exact) mass is 710 g/mol. The quantitative estimate of drug-likeness (QED) is 0.123.